The van der Waals surface area contributed by atoms with Crippen molar-refractivity contribution in [2.75, 3.05) is 0 Å². The Morgan fingerprint density at radius 3 is 1.82 bits per heavy atom. The number of rotatable bonds is 12. The molecule has 0 amide bonds. The molecule has 0 aromatic heterocycles. The molecule has 0 fully saturated rings. The first-order valence-electron chi connectivity index (χ1n) is 9.24. The van der Waals surface area contributed by atoms with Crippen LogP contribution in [-0.2, 0) is 5.25 Å². The minimum absolute atomic E-state index is 0.932. The Kier molecular flexibility index (Phi) is 9.78. The molecule has 22 heavy (non-hydrogen) atoms. The van der Waals surface area contributed by atoms with Crippen LogP contribution in [-0.4, -0.2) is 19.6 Å². The zero-order valence-electron chi connectivity index (χ0n) is 14.9. The molecule has 0 aliphatic rings. The zero-order valence-corrected chi connectivity index (χ0v) is 17.0. The van der Waals surface area contributed by atoms with Crippen molar-refractivity contribution in [2.45, 2.75) is 80.3 Å². The number of carbonyl (C=O) groups excluding carboxylic acids is 1. The maximum atomic E-state index is 11.4. The van der Waals surface area contributed by atoms with E-state index in [1.165, 1.54) is 65.1 Å². The quantitative estimate of drug-likeness (QED) is 0.309. The van der Waals surface area contributed by atoms with Gasteiger partial charge in [-0.25, -0.2) is 0 Å². The van der Waals surface area contributed by atoms with Gasteiger partial charge in [0.2, 0.25) is 0 Å². The molecule has 1 aromatic carbocycles. The summed E-state index contributed by atoms with van der Waals surface area (Å²) in [6, 6.07) is 8.29. The molecular formula is C20H34GeO. The summed E-state index contributed by atoms with van der Waals surface area (Å²) in [5, 5.41) is 5.73. The fourth-order valence-corrected chi connectivity index (χ4v) is 15.5. The van der Waals surface area contributed by atoms with Crippen molar-refractivity contribution in [3.05, 3.63) is 35.4 Å². The molecule has 0 atom stereocenters. The topological polar surface area (TPSA) is 17.1 Å². The Hall–Kier alpha value is -0.567. The summed E-state index contributed by atoms with van der Waals surface area (Å²) in [4.78, 5) is 11.4. The third-order valence-corrected chi connectivity index (χ3v) is 16.2. The second kappa shape index (κ2) is 11.0. The van der Waals surface area contributed by atoms with Gasteiger partial charge in [0.05, 0.1) is 0 Å². The molecule has 0 heterocycles. The Bertz CT molecular complexity index is 406. The summed E-state index contributed by atoms with van der Waals surface area (Å²) in [6.45, 7) is 6.93. The Morgan fingerprint density at radius 2 is 1.36 bits per heavy atom. The van der Waals surface area contributed by atoms with E-state index in [4.69, 9.17) is 0 Å². The number of benzene rings is 1. The molecule has 1 aromatic rings. The monoisotopic (exact) mass is 364 g/mol. The van der Waals surface area contributed by atoms with Crippen molar-refractivity contribution in [1.29, 1.82) is 0 Å². The summed E-state index contributed by atoms with van der Waals surface area (Å²) in [6.07, 6.45) is 9.13. The molecule has 0 saturated carbocycles. The molecule has 0 radical (unpaired) electrons. The second-order valence-electron chi connectivity index (χ2n) is 6.80. The first kappa shape index (κ1) is 19.5. The molecule has 0 N–H and O–H groups in total. The third kappa shape index (κ3) is 6.28. The normalized spacial score (nSPS) is 11.6. The van der Waals surface area contributed by atoms with Crippen molar-refractivity contribution in [1.82, 2.24) is 0 Å². The third-order valence-electron chi connectivity index (χ3n) is 4.93. The predicted molar refractivity (Wildman–Crippen MR) is 100 cm³/mol. The molecule has 0 saturated heterocycles. The van der Waals surface area contributed by atoms with E-state index in [1.807, 2.05) is 12.1 Å². The van der Waals surface area contributed by atoms with Gasteiger partial charge in [0, 0.05) is 0 Å². The molecule has 124 valence electrons. The van der Waals surface area contributed by atoms with Crippen LogP contribution in [0.3, 0.4) is 0 Å². The van der Waals surface area contributed by atoms with E-state index in [0.717, 1.165) is 11.8 Å². The fourth-order valence-electron chi connectivity index (χ4n) is 3.51. The summed E-state index contributed by atoms with van der Waals surface area (Å²) in [5.74, 6) is 0. The van der Waals surface area contributed by atoms with Crippen LogP contribution in [0.4, 0.5) is 0 Å². The van der Waals surface area contributed by atoms with Gasteiger partial charge in [0.1, 0.15) is 0 Å². The van der Waals surface area contributed by atoms with Gasteiger partial charge >= 0.3 is 140 Å². The van der Waals surface area contributed by atoms with E-state index >= 15 is 0 Å². The first-order valence-corrected chi connectivity index (χ1v) is 15.2. The van der Waals surface area contributed by atoms with Crippen molar-refractivity contribution in [3.8, 4) is 0 Å². The summed E-state index contributed by atoms with van der Waals surface area (Å²) >= 11 is -1.90. The Labute approximate surface area is 140 Å². The molecule has 0 bridgehead atoms. The van der Waals surface area contributed by atoms with Gasteiger partial charge in [-0.05, 0) is 0 Å². The van der Waals surface area contributed by atoms with Crippen LogP contribution in [0.15, 0.2) is 24.3 Å². The van der Waals surface area contributed by atoms with E-state index in [0.29, 0.717) is 0 Å². The van der Waals surface area contributed by atoms with Gasteiger partial charge in [-0.2, -0.15) is 0 Å². The SMILES string of the molecule is CCC[CH2][Ge]([CH2]CCC)([CH2]CCC)[CH2]c1ccccc1C=O. The predicted octanol–water partition coefficient (Wildman–Crippen LogP) is 6.43. The van der Waals surface area contributed by atoms with Crippen LogP contribution < -0.4 is 0 Å². The molecule has 0 aliphatic heterocycles. The van der Waals surface area contributed by atoms with E-state index < -0.39 is 13.3 Å². The Balaban J connectivity index is 3.00. The number of hydrogen-bond donors (Lipinski definition) is 0. The second-order valence-corrected chi connectivity index (χ2v) is 17.0. The first-order chi connectivity index (χ1) is 10.7. The average Bonchev–Trinajstić information content (AvgIpc) is 2.56. The number of unbranched alkanes of at least 4 members (excludes halogenated alkanes) is 3. The number of hydrogen-bond acceptors (Lipinski definition) is 1. The van der Waals surface area contributed by atoms with Gasteiger partial charge in [-0.3, -0.25) is 0 Å². The van der Waals surface area contributed by atoms with Crippen molar-refractivity contribution in [2.24, 2.45) is 0 Å². The van der Waals surface area contributed by atoms with Gasteiger partial charge in [0.25, 0.3) is 0 Å². The molecule has 1 rings (SSSR count). The maximum absolute atomic E-state index is 11.4. The van der Waals surface area contributed by atoms with Crippen LogP contribution in [0.1, 0.15) is 75.2 Å². The summed E-state index contributed by atoms with van der Waals surface area (Å²) in [5.41, 5.74) is 2.27. The van der Waals surface area contributed by atoms with E-state index in [2.05, 4.69) is 32.9 Å². The zero-order chi connectivity index (χ0) is 16.3. The standard InChI is InChI=1S/C20H34GeO/c1-4-7-14-21(15-8-5-2,16-9-6-3)17-19-12-10-11-13-20(19)18-22/h10-13,18H,4-9,14-17H2,1-3H3. The fraction of sp³-hybridized carbons (Fsp3) is 0.650. The molecular weight excluding hydrogens is 329 g/mol. The van der Waals surface area contributed by atoms with Gasteiger partial charge in [-0.1, -0.05) is 0 Å². The van der Waals surface area contributed by atoms with Crippen LogP contribution in [0.2, 0.25) is 15.8 Å². The summed E-state index contributed by atoms with van der Waals surface area (Å²) in [7, 11) is 0. The average molecular weight is 363 g/mol. The number of aldehydes is 1. The molecule has 0 unspecified atom stereocenters. The Morgan fingerprint density at radius 1 is 0.864 bits per heavy atom. The van der Waals surface area contributed by atoms with Crippen LogP contribution in [0.5, 0.6) is 0 Å². The van der Waals surface area contributed by atoms with Gasteiger partial charge in [0.15, 0.2) is 0 Å². The van der Waals surface area contributed by atoms with Crippen molar-refractivity contribution in [3.63, 3.8) is 0 Å². The van der Waals surface area contributed by atoms with Crippen LogP contribution in [0, 0.1) is 0 Å². The van der Waals surface area contributed by atoms with Crippen LogP contribution >= 0.6 is 0 Å². The summed E-state index contributed by atoms with van der Waals surface area (Å²) < 4.78 is 0. The minimum atomic E-state index is -1.90. The van der Waals surface area contributed by atoms with Crippen LogP contribution in [0.25, 0.3) is 0 Å². The molecule has 1 nitrogen and oxygen atoms in total. The molecule has 0 spiro atoms. The van der Waals surface area contributed by atoms with E-state index in [1.54, 1.807) is 0 Å². The van der Waals surface area contributed by atoms with E-state index in [9.17, 15) is 4.79 Å². The van der Waals surface area contributed by atoms with Gasteiger partial charge < -0.3 is 0 Å². The number of carbonyl (C=O) groups is 1. The van der Waals surface area contributed by atoms with Crippen molar-refractivity contribution < 1.29 is 4.79 Å². The van der Waals surface area contributed by atoms with E-state index in [-0.39, 0.29) is 0 Å². The van der Waals surface area contributed by atoms with Gasteiger partial charge in [-0.15, -0.1) is 0 Å². The van der Waals surface area contributed by atoms with Crippen molar-refractivity contribution >= 4 is 19.6 Å². The molecule has 0 aliphatic carbocycles. The molecule has 2 heteroatoms.